The number of nitrogens with one attached hydrogen (secondary N) is 9. The minimum atomic E-state index is -0.999. The fourth-order valence-electron chi connectivity index (χ4n) is 31.1. The second-order valence-corrected chi connectivity index (χ2v) is 49.1. The van der Waals surface area contributed by atoms with Gasteiger partial charge in [0.25, 0.3) is 0 Å². The summed E-state index contributed by atoms with van der Waals surface area (Å²) in [6.07, 6.45) is 57.5. The van der Waals surface area contributed by atoms with Gasteiger partial charge in [0.2, 0.25) is 17.7 Å². The SMILES string of the molecule is C.CC(C)CCC[C@@H](C)[C@H]1CCC2C3CC=C4C[C@@H](OC(=O)NCCNC(=O)CCC(=O)O)CC[C@]4(C)C3CC[C@@]21C.CC(C)CCC[C@@H](C)[C@H]1CCC2C3CC=C4C[C@@H](OC(=O)NCCNC(=O)CC[C-]=O)CC[C@]4(C)C3CC[C@@]21C.CC(C)CCC[C@H](C)[C@@H]1CCC2C3CC=C4C[C@H](OC(=O)NCCNC(=O)CCC(=O)O)CC[C@@]4(C)C3CC[C@]21C.[2HH].[B].[CH2-]C1CCCCC1[NH-].[CH3-].[CH3-].[Li+].[NH-]C1CCCCC1[NH-].[OH-].[Pt+2].[Pt+4]. The van der Waals surface area contributed by atoms with Crippen molar-refractivity contribution in [1.82, 2.24) is 31.9 Å². The maximum Gasteiger partial charge on any atom is 4.00 e. The van der Waals surface area contributed by atoms with E-state index in [4.69, 9.17) is 41.6 Å². The van der Waals surface area contributed by atoms with E-state index in [9.17, 15) is 43.2 Å². The molecule has 28 heteroatoms. The van der Waals surface area contributed by atoms with Crippen LogP contribution in [0.1, 0.15) is 414 Å². The molecule has 13 unspecified atom stereocenters. The van der Waals surface area contributed by atoms with Gasteiger partial charge in [-0.2, -0.15) is 24.0 Å². The number of carbonyl (C=O) groups is 8. The Bertz CT molecular complexity index is 3850. The molecule has 0 spiro atoms. The van der Waals surface area contributed by atoms with Crippen molar-refractivity contribution in [2.24, 2.45) is 145 Å². The zero-order valence-electron chi connectivity index (χ0n) is 93.3. The third-order valence-corrected chi connectivity index (χ3v) is 39.0. The number of carboxylic acids is 2. The molecule has 146 heavy (non-hydrogen) atoms. The van der Waals surface area contributed by atoms with E-state index in [1.54, 1.807) is 6.29 Å². The van der Waals surface area contributed by atoms with Crippen molar-refractivity contribution in [3.05, 3.63) is 73.9 Å². The number of fused-ring (bicyclic) bond motifs is 15. The fraction of sp³-hybridized carbons (Fsp3) is 0.847. The van der Waals surface area contributed by atoms with Crippen LogP contribution in [0.4, 0.5) is 14.4 Å². The molecule has 28 atom stereocenters. The Balaban J connectivity index is 0.000000990. The number of alkyl carbamates (subject to hydrolysis) is 3. The molecule has 0 aromatic carbocycles. The summed E-state index contributed by atoms with van der Waals surface area (Å²) < 4.78 is 17.4. The summed E-state index contributed by atoms with van der Waals surface area (Å²) in [4.78, 5) is 104. The Morgan fingerprint density at radius 3 is 0.932 bits per heavy atom. The summed E-state index contributed by atoms with van der Waals surface area (Å²) in [7, 11) is 0. The summed E-state index contributed by atoms with van der Waals surface area (Å²) in [5.41, 5.74) is 28.7. The van der Waals surface area contributed by atoms with E-state index >= 15 is 0 Å². The van der Waals surface area contributed by atoms with E-state index in [1.807, 2.05) is 0 Å². The Labute approximate surface area is 930 Å². The number of amides is 6. The second-order valence-electron chi connectivity index (χ2n) is 49.1. The predicted octanol–water partition coefficient (Wildman–Crippen LogP) is 24.4. The number of allylic oxidation sites excluding steroid dienone is 3. The van der Waals surface area contributed by atoms with Crippen LogP contribution in [0.5, 0.6) is 0 Å². The number of hydrogen-bond acceptors (Lipinski definition) is 13. The Kier molecular flexibility index (Phi) is 61.5. The first kappa shape index (κ1) is 138. The normalized spacial score (nSPS) is 33.7. The molecule has 0 aromatic rings. The third-order valence-electron chi connectivity index (χ3n) is 39.0. The third kappa shape index (κ3) is 37.3. The maximum atomic E-state index is 12.4. The first-order chi connectivity index (χ1) is 65.6. The van der Waals surface area contributed by atoms with Gasteiger partial charge in [-0.25, -0.2) is 14.4 Å². The van der Waals surface area contributed by atoms with Gasteiger partial charge in [0.05, 0.1) is 12.8 Å². The molecule has 6 amide bonds. The van der Waals surface area contributed by atoms with E-state index in [1.165, 1.54) is 203 Å². The van der Waals surface area contributed by atoms with Gasteiger partial charge in [-0.15, -0.1) is 6.42 Å². The first-order valence-corrected chi connectivity index (χ1v) is 56.0. The average molecular weight is 2400 g/mol. The molecule has 0 aliphatic heterocycles. The molecule has 0 aromatic heterocycles. The number of aliphatic carboxylic acids is 2. The fourth-order valence-corrected chi connectivity index (χ4v) is 31.1. The molecule has 0 saturated heterocycles. The molecule has 14 aliphatic rings. The van der Waals surface area contributed by atoms with Crippen molar-refractivity contribution in [2.75, 3.05) is 39.3 Å². The van der Waals surface area contributed by atoms with Crippen molar-refractivity contribution in [3.63, 3.8) is 0 Å². The number of rotatable bonds is 36. The van der Waals surface area contributed by atoms with Gasteiger partial charge >= 0.3 is 91.2 Å². The van der Waals surface area contributed by atoms with Crippen molar-refractivity contribution in [2.45, 2.75) is 449 Å². The van der Waals surface area contributed by atoms with E-state index in [0.29, 0.717) is 35.3 Å². The molecule has 11 fully saturated rings. The van der Waals surface area contributed by atoms with Crippen molar-refractivity contribution in [1.29, 1.82) is 0 Å². The van der Waals surface area contributed by atoms with Gasteiger partial charge in [-0.3, -0.25) is 30.3 Å². The molecule has 12 N–H and O–H groups in total. The molecule has 3 radical (unpaired) electrons. The van der Waals surface area contributed by atoms with Gasteiger partial charge < -0.3 is 106 Å². The topological polar surface area (TPSA) is 395 Å². The average Bonchev–Trinajstić information content (AvgIpc) is 1.06. The summed E-state index contributed by atoms with van der Waals surface area (Å²) in [6.45, 7) is 42.7. The van der Waals surface area contributed by atoms with Crippen LogP contribution in [0.25, 0.3) is 17.2 Å². The number of hydrogen-bond donors (Lipinski definition) is 8. The summed E-state index contributed by atoms with van der Waals surface area (Å²) in [6, 6.07) is -0.0174. The largest absolute Gasteiger partial charge is 4.00 e. The molecular formula is C118H205BLiN9O15Pt2-. The monoisotopic (exact) mass is 2400 g/mol. The summed E-state index contributed by atoms with van der Waals surface area (Å²) in [5, 5.41) is 33.5. The summed E-state index contributed by atoms with van der Waals surface area (Å²) >= 11 is 0. The van der Waals surface area contributed by atoms with Gasteiger partial charge in [0.15, 0.2) is 0 Å². The van der Waals surface area contributed by atoms with E-state index < -0.39 is 30.2 Å². The first-order valence-electron chi connectivity index (χ1n) is 56.0. The van der Waals surface area contributed by atoms with Crippen LogP contribution in [0, 0.1) is 167 Å². The minimum Gasteiger partial charge on any atom is -0.870 e. The van der Waals surface area contributed by atoms with Gasteiger partial charge in [-0.05, 0) is 274 Å². The zero-order valence-corrected chi connectivity index (χ0v) is 97.8. The molecule has 11 saturated carbocycles. The Morgan fingerprint density at radius 1 is 0.404 bits per heavy atom. The van der Waals surface area contributed by atoms with Crippen molar-refractivity contribution in [3.8, 4) is 0 Å². The molecule has 0 bridgehead atoms. The van der Waals surface area contributed by atoms with Crippen LogP contribution in [0.2, 0.25) is 0 Å². The standard InChI is InChI=1S/2C34H56N2O5.C34H55N2O4.C7H13N.C6H12N2.CH4.2CH3.B.Li.H2O.2Pt.H2/c2*1-22(2)7-6-8-23(3)27-11-12-28-26-10-9-24-21-25(15-17-33(24,4)29(26)16-18-34(27,28)5)41-32(40)36-20-19-35-30(37)13-14-31(38)39;1-23(2)8-6-9-24(3)28-13-14-29-27-12-11-25-22-26(15-17-33(25,4)30(27)16-18-34(28,29)5)40-32(39)36-20-19-35-31(38)10-7-21-37;1-6-4-2-3-5-7(6)8;7-5-3-1-2-4-6(5)8;;;;;;;;;/h2*9,22-23,25-29H,6-8,10-21H2,1-5H3,(H,35,37)(H,36,40)(H,38,39);11,23-24,26-30H,6-10,12-20,22H2,1-5H3,(H,35,38)(H,36,39);6-8H,1-5H2;5-8H,1-4H2;1H4;2*1H3;;;1H2;;;1H/q;;-1;2*-2;;2*-1;;+1;;+2;+4;/p-1/t2*23-,25+,26?,27-,28?,29?,33+,34-;24-,26+,27?,28-,29?,30?,33+,34-;;;;;;;;;;;/m101.........../s1/i;;;;;;;;;;;;;1+1. The Morgan fingerprint density at radius 2 is 0.678 bits per heavy atom. The number of ether oxygens (including phenoxy) is 3. The van der Waals surface area contributed by atoms with Gasteiger partial charge in [0, 0.05) is 87.6 Å². The minimum absolute atomic E-state index is 0. The van der Waals surface area contributed by atoms with Crippen LogP contribution < -0.4 is 50.8 Å². The van der Waals surface area contributed by atoms with E-state index in [-0.39, 0.29) is 234 Å². The van der Waals surface area contributed by atoms with E-state index in [2.05, 4.69) is 161 Å². The van der Waals surface area contributed by atoms with Crippen LogP contribution in [0.3, 0.4) is 0 Å². The molecule has 0 heterocycles. The van der Waals surface area contributed by atoms with Gasteiger partial charge in [0.1, 0.15) is 18.3 Å². The van der Waals surface area contributed by atoms with Crippen LogP contribution in [-0.4, -0.2) is 154 Å². The number of carboxylic acid groups (broad SMARTS) is 2. The van der Waals surface area contributed by atoms with Crippen molar-refractivity contribution < 1.29 is 135 Å². The summed E-state index contributed by atoms with van der Waals surface area (Å²) in [5.74, 6) is 12.3. The molecule has 14 aliphatic carbocycles. The quantitative estimate of drug-likeness (QED) is 0.00950. The molecule has 24 nitrogen and oxygen atoms in total. The van der Waals surface area contributed by atoms with Crippen LogP contribution in [0.15, 0.2) is 34.9 Å². The zero-order chi connectivity index (χ0) is 100. The molecular weight excluding hydrogens is 2190 g/mol. The van der Waals surface area contributed by atoms with E-state index in [0.717, 1.165) is 184 Å². The second kappa shape index (κ2) is 65.1. The smallest absolute Gasteiger partial charge is 0.870 e. The number of carbonyl (C=O) groups excluding carboxylic acids is 7. The molecule has 14 rings (SSSR count). The van der Waals surface area contributed by atoms with Crippen LogP contribution in [-0.2, 0) is 85.1 Å². The van der Waals surface area contributed by atoms with Gasteiger partial charge in [-0.1, -0.05) is 255 Å². The molecule has 837 valence electrons. The maximum absolute atomic E-state index is 12.4. The predicted molar refractivity (Wildman–Crippen MR) is 581 cm³/mol. The van der Waals surface area contributed by atoms with Crippen LogP contribution >= 0.6 is 0 Å². The van der Waals surface area contributed by atoms with Crippen molar-refractivity contribution >= 4 is 62.6 Å². The Hall–Kier alpha value is -4.07.